The summed E-state index contributed by atoms with van der Waals surface area (Å²) in [5.74, 6) is 0.276. The van der Waals surface area contributed by atoms with Crippen molar-refractivity contribution in [1.29, 1.82) is 0 Å². The average Bonchev–Trinajstić information content (AvgIpc) is 2.93. The molecule has 0 saturated heterocycles. The molecular formula is C35H32O4. The number of carbonyl (C=O) groups is 2. The minimum atomic E-state index is -0.738. The van der Waals surface area contributed by atoms with Crippen molar-refractivity contribution < 1.29 is 19.1 Å². The molecule has 39 heavy (non-hydrogen) atoms. The Morgan fingerprint density at radius 2 is 1.00 bits per heavy atom. The molecular weight excluding hydrogens is 484 g/mol. The molecule has 0 saturated carbocycles. The van der Waals surface area contributed by atoms with Gasteiger partial charge in [0.2, 0.25) is 0 Å². The highest BCUT2D eigenvalue weighted by Crippen LogP contribution is 2.47. The number of esters is 2. The highest BCUT2D eigenvalue weighted by atomic mass is 16.5. The van der Waals surface area contributed by atoms with Crippen LogP contribution in [0.25, 0.3) is 0 Å². The molecule has 4 rings (SSSR count). The van der Waals surface area contributed by atoms with Crippen LogP contribution in [0.3, 0.4) is 0 Å². The normalized spacial score (nSPS) is 10.9. The van der Waals surface area contributed by atoms with Crippen LogP contribution in [0.4, 0.5) is 0 Å². The van der Waals surface area contributed by atoms with Crippen molar-refractivity contribution in [3.63, 3.8) is 0 Å². The van der Waals surface area contributed by atoms with Gasteiger partial charge in [0, 0.05) is 13.8 Å². The molecule has 0 radical (unpaired) electrons. The van der Waals surface area contributed by atoms with E-state index in [4.69, 9.17) is 9.47 Å². The predicted octanol–water partition coefficient (Wildman–Crippen LogP) is 7.38. The molecule has 4 aromatic carbocycles. The Bertz CT molecular complexity index is 1370. The summed E-state index contributed by atoms with van der Waals surface area (Å²) in [6.45, 7) is 10.6. The highest BCUT2D eigenvalue weighted by molar-refractivity contribution is 5.71. The Balaban J connectivity index is 2.11. The van der Waals surface area contributed by atoms with Gasteiger partial charge in [0.25, 0.3) is 0 Å². The van der Waals surface area contributed by atoms with Gasteiger partial charge < -0.3 is 9.47 Å². The van der Waals surface area contributed by atoms with Crippen molar-refractivity contribution in [2.45, 2.75) is 32.1 Å². The number of hydrogen-bond donors (Lipinski definition) is 0. The summed E-state index contributed by atoms with van der Waals surface area (Å²) in [6, 6.07) is 32.5. The first kappa shape index (κ1) is 27.3. The SMILES string of the molecule is C=CCc1cc(C(c2ccccc2)(c2ccccc2)c2ccc(OC(C)=O)c(CC=C)c2)ccc1OC(C)=O. The number of hydrogen-bond acceptors (Lipinski definition) is 4. The molecule has 0 aliphatic carbocycles. The zero-order valence-corrected chi connectivity index (χ0v) is 22.4. The highest BCUT2D eigenvalue weighted by Gasteiger charge is 2.39. The fourth-order valence-electron chi connectivity index (χ4n) is 5.14. The molecule has 0 heterocycles. The van der Waals surface area contributed by atoms with E-state index in [2.05, 4.69) is 49.6 Å². The maximum Gasteiger partial charge on any atom is 0.308 e. The molecule has 0 fully saturated rings. The van der Waals surface area contributed by atoms with E-state index in [1.807, 2.05) is 60.7 Å². The Morgan fingerprint density at radius 3 is 1.33 bits per heavy atom. The second kappa shape index (κ2) is 12.2. The van der Waals surface area contributed by atoms with Gasteiger partial charge in [-0.1, -0.05) is 97.1 Å². The first-order chi connectivity index (χ1) is 18.9. The van der Waals surface area contributed by atoms with Crippen LogP contribution < -0.4 is 9.47 Å². The number of rotatable bonds is 10. The smallest absolute Gasteiger partial charge is 0.308 e. The van der Waals surface area contributed by atoms with E-state index in [-0.39, 0.29) is 11.9 Å². The zero-order valence-electron chi connectivity index (χ0n) is 22.4. The van der Waals surface area contributed by atoms with Crippen LogP contribution >= 0.6 is 0 Å². The van der Waals surface area contributed by atoms with Gasteiger partial charge in [-0.05, 0) is 58.4 Å². The van der Waals surface area contributed by atoms with Crippen LogP contribution in [0.1, 0.15) is 47.2 Å². The van der Waals surface area contributed by atoms with E-state index in [9.17, 15) is 9.59 Å². The Hall–Kier alpha value is -4.70. The fourth-order valence-corrected chi connectivity index (χ4v) is 5.14. The Morgan fingerprint density at radius 1 is 0.615 bits per heavy atom. The number of ether oxygens (including phenoxy) is 2. The summed E-state index contributed by atoms with van der Waals surface area (Å²) >= 11 is 0. The topological polar surface area (TPSA) is 52.6 Å². The molecule has 0 spiro atoms. The van der Waals surface area contributed by atoms with E-state index in [1.54, 1.807) is 12.2 Å². The zero-order chi connectivity index (χ0) is 27.8. The van der Waals surface area contributed by atoms with E-state index in [0.717, 1.165) is 33.4 Å². The van der Waals surface area contributed by atoms with Crippen molar-refractivity contribution >= 4 is 11.9 Å². The monoisotopic (exact) mass is 516 g/mol. The predicted molar refractivity (Wildman–Crippen MR) is 155 cm³/mol. The van der Waals surface area contributed by atoms with Gasteiger partial charge in [-0.2, -0.15) is 0 Å². The summed E-state index contributed by atoms with van der Waals surface area (Å²) in [5.41, 5.74) is 5.10. The summed E-state index contributed by atoms with van der Waals surface area (Å²) < 4.78 is 11.1. The summed E-state index contributed by atoms with van der Waals surface area (Å²) in [4.78, 5) is 23.7. The summed E-state index contributed by atoms with van der Waals surface area (Å²) in [5, 5.41) is 0. The first-order valence-electron chi connectivity index (χ1n) is 12.9. The van der Waals surface area contributed by atoms with Crippen molar-refractivity contribution in [3.05, 3.63) is 156 Å². The molecule has 0 bridgehead atoms. The van der Waals surface area contributed by atoms with E-state index in [0.29, 0.717) is 24.3 Å². The molecule has 0 atom stereocenters. The van der Waals surface area contributed by atoms with Crippen LogP contribution in [-0.4, -0.2) is 11.9 Å². The van der Waals surface area contributed by atoms with Crippen LogP contribution in [0.15, 0.2) is 122 Å². The molecule has 0 unspecified atom stereocenters. The molecule has 0 aliphatic heterocycles. The van der Waals surface area contributed by atoms with E-state index >= 15 is 0 Å². The van der Waals surface area contributed by atoms with Crippen LogP contribution in [0.2, 0.25) is 0 Å². The quantitative estimate of drug-likeness (QED) is 0.0955. The van der Waals surface area contributed by atoms with Crippen molar-refractivity contribution in [2.75, 3.05) is 0 Å². The molecule has 0 aromatic heterocycles. The van der Waals surface area contributed by atoms with Gasteiger partial charge >= 0.3 is 11.9 Å². The Labute approximate surface area is 230 Å². The van der Waals surface area contributed by atoms with Crippen molar-refractivity contribution in [2.24, 2.45) is 0 Å². The fraction of sp³-hybridized carbons (Fsp3) is 0.143. The average molecular weight is 517 g/mol. The van der Waals surface area contributed by atoms with Crippen molar-refractivity contribution in [3.8, 4) is 11.5 Å². The van der Waals surface area contributed by atoms with Crippen LogP contribution in [-0.2, 0) is 27.8 Å². The van der Waals surface area contributed by atoms with E-state index in [1.165, 1.54) is 13.8 Å². The molecule has 4 heteroatoms. The molecule has 0 N–H and O–H groups in total. The van der Waals surface area contributed by atoms with Gasteiger partial charge in [0.1, 0.15) is 11.5 Å². The molecule has 4 nitrogen and oxygen atoms in total. The minimum Gasteiger partial charge on any atom is -0.426 e. The lowest BCUT2D eigenvalue weighted by atomic mass is 9.64. The van der Waals surface area contributed by atoms with Gasteiger partial charge in [-0.3, -0.25) is 9.59 Å². The van der Waals surface area contributed by atoms with E-state index < -0.39 is 5.41 Å². The Kier molecular flexibility index (Phi) is 8.57. The van der Waals surface area contributed by atoms with Gasteiger partial charge in [-0.25, -0.2) is 0 Å². The lowest BCUT2D eigenvalue weighted by Crippen LogP contribution is -2.31. The summed E-state index contributed by atoms with van der Waals surface area (Å²) in [6.07, 6.45) is 4.66. The van der Waals surface area contributed by atoms with Crippen LogP contribution in [0.5, 0.6) is 11.5 Å². The number of benzene rings is 4. The third kappa shape index (κ3) is 5.75. The minimum absolute atomic E-state index is 0.374. The van der Waals surface area contributed by atoms with Gasteiger partial charge in [-0.15, -0.1) is 13.2 Å². The maximum atomic E-state index is 11.8. The summed E-state index contributed by atoms with van der Waals surface area (Å²) in [7, 11) is 0. The largest absolute Gasteiger partial charge is 0.426 e. The van der Waals surface area contributed by atoms with Crippen molar-refractivity contribution in [1.82, 2.24) is 0 Å². The first-order valence-corrected chi connectivity index (χ1v) is 12.9. The lowest BCUT2D eigenvalue weighted by Gasteiger charge is -2.37. The molecule has 0 aliphatic rings. The van der Waals surface area contributed by atoms with Gasteiger partial charge in [0.15, 0.2) is 0 Å². The maximum absolute atomic E-state index is 11.8. The van der Waals surface area contributed by atoms with Gasteiger partial charge in [0.05, 0.1) is 5.41 Å². The number of allylic oxidation sites excluding steroid dienone is 2. The third-order valence-electron chi connectivity index (χ3n) is 6.64. The molecule has 196 valence electrons. The third-order valence-corrected chi connectivity index (χ3v) is 6.64. The molecule has 4 aromatic rings. The molecule has 0 amide bonds. The standard InChI is InChI=1S/C35H32O4/c1-5-13-27-23-31(19-21-33(27)38-25(3)36)35(29-15-9-7-10-16-29,30-17-11-8-12-18-30)32-20-22-34(39-26(4)37)28(24-32)14-6-2/h5-12,15-24H,1-2,13-14H2,3-4H3. The second-order valence-electron chi connectivity index (χ2n) is 9.30. The van der Waals surface area contributed by atoms with Crippen LogP contribution in [0, 0.1) is 0 Å². The number of carbonyl (C=O) groups excluding carboxylic acids is 2. The second-order valence-corrected chi connectivity index (χ2v) is 9.30. The lowest BCUT2D eigenvalue weighted by molar-refractivity contribution is -0.132.